The highest BCUT2D eigenvalue weighted by atomic mass is 16.5. The van der Waals surface area contributed by atoms with E-state index < -0.39 is 5.60 Å². The highest BCUT2D eigenvalue weighted by Crippen LogP contribution is 2.33. The Morgan fingerprint density at radius 1 is 1.33 bits per heavy atom. The Balaban J connectivity index is 1.79. The maximum absolute atomic E-state index is 12.5. The van der Waals surface area contributed by atoms with E-state index in [0.717, 1.165) is 41.1 Å². The van der Waals surface area contributed by atoms with Crippen molar-refractivity contribution in [2.45, 2.75) is 52.2 Å². The fourth-order valence-electron chi connectivity index (χ4n) is 3.47. The van der Waals surface area contributed by atoms with Gasteiger partial charge in [-0.05, 0) is 70.4 Å². The van der Waals surface area contributed by atoms with E-state index >= 15 is 0 Å². The minimum absolute atomic E-state index is 0.0947. The van der Waals surface area contributed by atoms with E-state index in [-0.39, 0.29) is 11.9 Å². The predicted octanol–water partition coefficient (Wildman–Crippen LogP) is 3.90. The number of hydrogen-bond acceptors (Lipinski definition) is 6. The number of carbonyl (C=O) groups excluding carboxylic acids is 1. The molecule has 4 rings (SSSR count). The van der Waals surface area contributed by atoms with Crippen molar-refractivity contribution in [3.05, 3.63) is 47.8 Å². The van der Waals surface area contributed by atoms with Crippen molar-refractivity contribution < 1.29 is 14.6 Å². The smallest absolute Gasteiger partial charge is 0.251 e. The van der Waals surface area contributed by atoms with Crippen LogP contribution < -0.4 is 15.4 Å². The monoisotopic (exact) mass is 449 g/mol. The molecule has 3 aromatic rings. The zero-order valence-electron chi connectivity index (χ0n) is 19.8. The molecule has 1 aliphatic carbocycles. The van der Waals surface area contributed by atoms with Gasteiger partial charge in [-0.15, -0.1) is 0 Å². The lowest BCUT2D eigenvalue weighted by Gasteiger charge is -2.19. The van der Waals surface area contributed by atoms with Gasteiger partial charge in [-0.2, -0.15) is 5.10 Å². The average molecular weight is 450 g/mol. The molecule has 33 heavy (non-hydrogen) atoms. The van der Waals surface area contributed by atoms with E-state index in [2.05, 4.69) is 15.6 Å². The van der Waals surface area contributed by atoms with Crippen molar-refractivity contribution in [1.82, 2.24) is 19.9 Å². The van der Waals surface area contributed by atoms with E-state index in [0.29, 0.717) is 23.5 Å². The van der Waals surface area contributed by atoms with E-state index in [1.807, 2.05) is 32.1 Å². The lowest BCUT2D eigenvalue weighted by atomic mass is 10.1. The summed E-state index contributed by atoms with van der Waals surface area (Å²) in [5.74, 6) is 0.476. The summed E-state index contributed by atoms with van der Waals surface area (Å²) in [6.45, 7) is 7.82. The van der Waals surface area contributed by atoms with Gasteiger partial charge in [0, 0.05) is 23.7 Å². The molecule has 0 saturated heterocycles. The number of fused-ring (bicyclic) bond motifs is 1. The third kappa shape index (κ3) is 5.01. The first-order chi connectivity index (χ1) is 15.7. The van der Waals surface area contributed by atoms with Crippen LogP contribution in [0.3, 0.4) is 0 Å². The van der Waals surface area contributed by atoms with Crippen molar-refractivity contribution in [2.75, 3.05) is 19.0 Å². The molecular formula is C25H31N5O3. The molecular weight excluding hydrogens is 418 g/mol. The highest BCUT2D eigenvalue weighted by Gasteiger charge is 2.25. The minimum Gasteiger partial charge on any atom is -0.496 e. The average Bonchev–Trinajstić information content (AvgIpc) is 3.51. The molecule has 3 N–H and O–H groups in total. The van der Waals surface area contributed by atoms with Crippen LogP contribution in [-0.2, 0) is 0 Å². The van der Waals surface area contributed by atoms with Crippen molar-refractivity contribution in [3.63, 3.8) is 0 Å². The number of benzene rings is 1. The summed E-state index contributed by atoms with van der Waals surface area (Å²) in [5, 5.41) is 21.3. The zero-order valence-corrected chi connectivity index (χ0v) is 19.8. The van der Waals surface area contributed by atoms with Crippen molar-refractivity contribution in [1.29, 1.82) is 0 Å². The first-order valence-electron chi connectivity index (χ1n) is 11.2. The number of aromatic nitrogens is 3. The second kappa shape index (κ2) is 8.86. The normalized spacial score (nSPS) is 14.4. The van der Waals surface area contributed by atoms with Crippen molar-refractivity contribution in [3.8, 4) is 17.0 Å². The number of nitrogens with one attached hydrogen (secondary N) is 2. The molecule has 2 aromatic heterocycles. The van der Waals surface area contributed by atoms with Crippen LogP contribution in [0.4, 0.5) is 5.69 Å². The minimum atomic E-state index is -0.883. The number of allylic oxidation sites excluding steroid dienone is 2. The quantitative estimate of drug-likeness (QED) is 0.482. The molecule has 0 unspecified atom stereocenters. The molecule has 2 heterocycles. The van der Waals surface area contributed by atoms with Gasteiger partial charge in [-0.1, -0.05) is 6.08 Å². The lowest BCUT2D eigenvalue weighted by molar-refractivity contribution is 0.0940. The van der Waals surface area contributed by atoms with Crippen LogP contribution in [0.25, 0.3) is 22.5 Å². The van der Waals surface area contributed by atoms with Gasteiger partial charge in [0.2, 0.25) is 0 Å². The summed E-state index contributed by atoms with van der Waals surface area (Å²) in [7, 11) is 1.59. The van der Waals surface area contributed by atoms with Gasteiger partial charge < -0.3 is 20.5 Å². The van der Waals surface area contributed by atoms with Gasteiger partial charge in [-0.3, -0.25) is 4.79 Å². The number of methoxy groups -OCH3 is 1. The van der Waals surface area contributed by atoms with Gasteiger partial charge in [-0.25, -0.2) is 9.50 Å². The SMILES string of the molecule is CC=C(C)c1cc(NCC(C)(C)O)c2ncc(-c3ccc(C(=O)NC4CC4)cc3OC)n2n1. The van der Waals surface area contributed by atoms with Crippen LogP contribution in [0.5, 0.6) is 5.75 Å². The van der Waals surface area contributed by atoms with Crippen LogP contribution in [0.1, 0.15) is 56.6 Å². The Hall–Kier alpha value is -3.39. The van der Waals surface area contributed by atoms with Crippen LogP contribution in [-0.4, -0.2) is 50.9 Å². The second-order valence-electron chi connectivity index (χ2n) is 9.12. The maximum Gasteiger partial charge on any atom is 0.251 e. The Labute approximate surface area is 193 Å². The van der Waals surface area contributed by atoms with E-state index in [9.17, 15) is 9.90 Å². The molecule has 0 bridgehead atoms. The predicted molar refractivity (Wildman–Crippen MR) is 130 cm³/mol. The van der Waals surface area contributed by atoms with E-state index in [4.69, 9.17) is 9.84 Å². The lowest BCUT2D eigenvalue weighted by Crippen LogP contribution is -2.29. The van der Waals surface area contributed by atoms with Gasteiger partial charge in [0.05, 0.1) is 36.0 Å². The standard InChI is InChI=1S/C25H31N5O3/c1-6-15(2)19-12-20(27-14-25(3,4)32)23-26-13-21(30(23)29-19)18-10-7-16(11-22(18)33-5)24(31)28-17-8-9-17/h6-7,10-13,17,27,32H,8-9,14H2,1-5H3,(H,28,31). The van der Waals surface area contributed by atoms with E-state index in [1.165, 1.54) is 0 Å². The van der Waals surface area contributed by atoms with Crippen molar-refractivity contribution >= 4 is 22.8 Å². The number of aliphatic hydroxyl groups is 1. The van der Waals surface area contributed by atoms with Crippen LogP contribution in [0, 0.1) is 0 Å². The highest BCUT2D eigenvalue weighted by molar-refractivity contribution is 5.96. The Morgan fingerprint density at radius 3 is 2.73 bits per heavy atom. The summed E-state index contributed by atoms with van der Waals surface area (Å²) >= 11 is 0. The van der Waals surface area contributed by atoms with Gasteiger partial charge in [0.25, 0.3) is 5.91 Å². The van der Waals surface area contributed by atoms with Gasteiger partial charge in [0.15, 0.2) is 5.65 Å². The second-order valence-corrected chi connectivity index (χ2v) is 9.12. The Kier molecular flexibility index (Phi) is 6.12. The van der Waals surface area contributed by atoms with Crippen LogP contribution in [0.15, 0.2) is 36.5 Å². The topological polar surface area (TPSA) is 101 Å². The Bertz CT molecular complexity index is 1220. The summed E-state index contributed by atoms with van der Waals surface area (Å²) in [5.41, 5.74) is 4.42. The molecule has 8 heteroatoms. The number of ether oxygens (including phenoxy) is 1. The molecule has 174 valence electrons. The largest absolute Gasteiger partial charge is 0.496 e. The molecule has 0 spiro atoms. The zero-order chi connectivity index (χ0) is 23.8. The van der Waals surface area contributed by atoms with Crippen molar-refractivity contribution in [2.24, 2.45) is 0 Å². The van der Waals surface area contributed by atoms with E-state index in [1.54, 1.807) is 43.8 Å². The number of amides is 1. The van der Waals surface area contributed by atoms with Crippen LogP contribution >= 0.6 is 0 Å². The number of imidazole rings is 1. The molecule has 1 fully saturated rings. The maximum atomic E-state index is 12.5. The third-order valence-electron chi connectivity index (χ3n) is 5.67. The fourth-order valence-corrected chi connectivity index (χ4v) is 3.47. The third-order valence-corrected chi connectivity index (χ3v) is 5.67. The number of nitrogens with zero attached hydrogens (tertiary/aromatic N) is 3. The number of carbonyl (C=O) groups is 1. The molecule has 0 aliphatic heterocycles. The molecule has 1 aliphatic rings. The summed E-state index contributed by atoms with van der Waals surface area (Å²) < 4.78 is 7.42. The first kappa shape index (κ1) is 22.8. The van der Waals surface area contributed by atoms with Gasteiger partial charge in [0.1, 0.15) is 5.75 Å². The summed E-state index contributed by atoms with van der Waals surface area (Å²) in [6.07, 6.45) is 5.81. The van der Waals surface area contributed by atoms with Crippen LogP contribution in [0.2, 0.25) is 0 Å². The number of hydrogen-bond donors (Lipinski definition) is 3. The number of rotatable bonds is 8. The molecule has 0 radical (unpaired) electrons. The fraction of sp³-hybridized carbons (Fsp3) is 0.400. The molecule has 1 saturated carbocycles. The molecule has 1 aromatic carbocycles. The number of anilines is 1. The Morgan fingerprint density at radius 2 is 2.09 bits per heavy atom. The summed E-state index contributed by atoms with van der Waals surface area (Å²) in [6, 6.07) is 7.64. The molecule has 8 nitrogen and oxygen atoms in total. The molecule has 1 amide bonds. The first-order valence-corrected chi connectivity index (χ1v) is 11.2. The molecule has 0 atom stereocenters. The summed E-state index contributed by atoms with van der Waals surface area (Å²) in [4.78, 5) is 17.1. The van der Waals surface area contributed by atoms with Gasteiger partial charge >= 0.3 is 0 Å².